The number of fused-ring (bicyclic) bond motifs is 8. The Labute approximate surface area is 228 Å². The van der Waals surface area contributed by atoms with Crippen molar-refractivity contribution < 1.29 is 9.13 Å². The Bertz CT molecular complexity index is 2100. The maximum absolute atomic E-state index is 14.3. The fraction of sp³-hybridized carbons (Fsp3) is 0. The SMILES string of the molecule is Fc1ccc2c3ccccc3c3cc(-c4cccc(-c5cccc6c5Oc5ccccc5S6)n4)ccc3c2c1. The maximum Gasteiger partial charge on any atom is 0.150 e. The van der Waals surface area contributed by atoms with Gasteiger partial charge in [0.2, 0.25) is 0 Å². The zero-order valence-electron chi connectivity index (χ0n) is 20.7. The van der Waals surface area contributed by atoms with Crippen LogP contribution in [0.2, 0.25) is 0 Å². The molecule has 7 aromatic rings. The first kappa shape index (κ1) is 22.3. The molecule has 0 atom stereocenters. The van der Waals surface area contributed by atoms with Crippen LogP contribution >= 0.6 is 11.8 Å². The van der Waals surface area contributed by atoms with Crippen molar-refractivity contribution in [3.05, 3.63) is 127 Å². The number of nitrogens with zero attached hydrogens (tertiary/aromatic N) is 1. The topological polar surface area (TPSA) is 22.1 Å². The summed E-state index contributed by atoms with van der Waals surface area (Å²) >= 11 is 1.72. The molecule has 1 aliphatic heterocycles. The van der Waals surface area contributed by atoms with E-state index in [4.69, 9.17) is 9.72 Å². The van der Waals surface area contributed by atoms with Gasteiger partial charge in [-0.1, -0.05) is 78.5 Å². The van der Waals surface area contributed by atoms with Crippen LogP contribution in [0.1, 0.15) is 0 Å². The molecule has 39 heavy (non-hydrogen) atoms. The van der Waals surface area contributed by atoms with Crippen molar-refractivity contribution in [2.24, 2.45) is 0 Å². The minimum Gasteiger partial charge on any atom is -0.454 e. The Kier molecular flexibility index (Phi) is 4.97. The van der Waals surface area contributed by atoms with Crippen LogP contribution in [-0.4, -0.2) is 4.98 Å². The van der Waals surface area contributed by atoms with Gasteiger partial charge in [-0.25, -0.2) is 9.37 Å². The second-order valence-corrected chi connectivity index (χ2v) is 10.8. The lowest BCUT2D eigenvalue weighted by atomic mass is 9.92. The summed E-state index contributed by atoms with van der Waals surface area (Å²) in [6.45, 7) is 0. The first-order valence-electron chi connectivity index (χ1n) is 12.8. The standard InChI is InChI=1S/C35H20FNOS/c36-22-16-18-25-23-7-1-2-8-24(23)28-19-21(15-17-26(28)29(25)20-22)30-10-6-11-31(37-30)27-9-5-14-34-35(27)38-32-12-3-4-13-33(32)39-34/h1-20H. The quantitative estimate of drug-likeness (QED) is 0.211. The largest absolute Gasteiger partial charge is 0.454 e. The third kappa shape index (κ3) is 3.60. The van der Waals surface area contributed by atoms with E-state index in [1.54, 1.807) is 17.8 Å². The fourth-order valence-corrected chi connectivity index (χ4v) is 6.57. The predicted octanol–water partition coefficient (Wildman–Crippen LogP) is 10.3. The second kappa shape index (κ2) is 8.69. The molecule has 2 nitrogen and oxygen atoms in total. The van der Waals surface area contributed by atoms with Crippen LogP contribution in [0.15, 0.2) is 131 Å². The summed E-state index contributed by atoms with van der Waals surface area (Å²) in [4.78, 5) is 7.28. The molecular formula is C35H20FNOS. The summed E-state index contributed by atoms with van der Waals surface area (Å²) in [5, 5.41) is 6.35. The van der Waals surface area contributed by atoms with Gasteiger partial charge in [-0.3, -0.25) is 0 Å². The molecule has 1 aliphatic rings. The van der Waals surface area contributed by atoms with Crippen molar-refractivity contribution >= 4 is 44.1 Å². The molecule has 184 valence electrons. The Hall–Kier alpha value is -4.67. The number of benzene rings is 6. The molecule has 0 aliphatic carbocycles. The lowest BCUT2D eigenvalue weighted by molar-refractivity contribution is 0.456. The van der Waals surface area contributed by atoms with Crippen LogP contribution < -0.4 is 4.74 Å². The Morgan fingerprint density at radius 1 is 0.538 bits per heavy atom. The Morgan fingerprint density at radius 2 is 1.21 bits per heavy atom. The number of para-hydroxylation sites is 2. The number of hydrogen-bond acceptors (Lipinski definition) is 3. The lowest BCUT2D eigenvalue weighted by Crippen LogP contribution is -1.98. The number of ether oxygens (including phenoxy) is 1. The van der Waals surface area contributed by atoms with Crippen molar-refractivity contribution in [3.63, 3.8) is 0 Å². The van der Waals surface area contributed by atoms with Gasteiger partial charge in [-0.15, -0.1) is 0 Å². The number of rotatable bonds is 2. The summed E-state index contributed by atoms with van der Waals surface area (Å²) in [7, 11) is 0. The van der Waals surface area contributed by atoms with E-state index in [1.807, 2.05) is 48.5 Å². The molecule has 0 unspecified atom stereocenters. The van der Waals surface area contributed by atoms with Crippen molar-refractivity contribution in [2.75, 3.05) is 0 Å². The average molecular weight is 522 g/mol. The van der Waals surface area contributed by atoms with Crippen molar-refractivity contribution in [1.29, 1.82) is 0 Å². The summed E-state index contributed by atoms with van der Waals surface area (Å²) in [6, 6.07) is 40.1. The highest BCUT2D eigenvalue weighted by molar-refractivity contribution is 7.99. The van der Waals surface area contributed by atoms with E-state index in [2.05, 4.69) is 60.7 Å². The molecule has 4 heteroatoms. The summed E-state index contributed by atoms with van der Waals surface area (Å²) in [5.74, 6) is 1.47. The molecule has 0 saturated carbocycles. The zero-order chi connectivity index (χ0) is 25.9. The van der Waals surface area contributed by atoms with E-state index in [9.17, 15) is 4.39 Å². The molecule has 0 saturated heterocycles. The molecule has 6 aromatic carbocycles. The van der Waals surface area contributed by atoms with Crippen LogP contribution in [-0.2, 0) is 0 Å². The van der Waals surface area contributed by atoms with Gasteiger partial charge in [-0.2, -0.15) is 0 Å². The third-order valence-corrected chi connectivity index (χ3v) is 8.48. The van der Waals surface area contributed by atoms with Crippen molar-refractivity contribution in [2.45, 2.75) is 9.79 Å². The molecular weight excluding hydrogens is 501 g/mol. The first-order valence-corrected chi connectivity index (χ1v) is 13.6. The number of aromatic nitrogens is 1. The Morgan fingerprint density at radius 3 is 2.13 bits per heavy atom. The third-order valence-electron chi connectivity index (χ3n) is 7.38. The molecule has 0 bridgehead atoms. The molecule has 1 aromatic heterocycles. The zero-order valence-corrected chi connectivity index (χ0v) is 21.5. The van der Waals surface area contributed by atoms with E-state index < -0.39 is 0 Å². The molecule has 0 radical (unpaired) electrons. The van der Waals surface area contributed by atoms with E-state index >= 15 is 0 Å². The summed E-state index contributed by atoms with van der Waals surface area (Å²) < 4.78 is 20.7. The molecule has 0 spiro atoms. The van der Waals surface area contributed by atoms with E-state index in [1.165, 1.54) is 6.07 Å². The monoisotopic (exact) mass is 521 g/mol. The fourth-order valence-electron chi connectivity index (χ4n) is 5.58. The minimum atomic E-state index is -0.230. The van der Waals surface area contributed by atoms with E-state index in [0.29, 0.717) is 0 Å². The first-order chi connectivity index (χ1) is 19.2. The van der Waals surface area contributed by atoms with Crippen LogP contribution in [0.5, 0.6) is 11.5 Å². The highest BCUT2D eigenvalue weighted by Gasteiger charge is 2.22. The van der Waals surface area contributed by atoms with Gasteiger partial charge in [0.1, 0.15) is 11.6 Å². The smallest absolute Gasteiger partial charge is 0.150 e. The normalized spacial score (nSPS) is 12.3. The van der Waals surface area contributed by atoms with Crippen LogP contribution in [0.4, 0.5) is 4.39 Å². The summed E-state index contributed by atoms with van der Waals surface area (Å²) in [5.41, 5.74) is 3.70. The van der Waals surface area contributed by atoms with Crippen LogP contribution in [0.25, 0.3) is 54.8 Å². The lowest BCUT2D eigenvalue weighted by Gasteiger charge is -2.21. The Balaban J connectivity index is 1.29. The summed E-state index contributed by atoms with van der Waals surface area (Å²) in [6.07, 6.45) is 0. The molecule has 0 amide bonds. The predicted molar refractivity (Wildman–Crippen MR) is 158 cm³/mol. The van der Waals surface area contributed by atoms with E-state index in [0.717, 1.165) is 76.1 Å². The van der Waals surface area contributed by atoms with Crippen molar-refractivity contribution in [1.82, 2.24) is 4.98 Å². The minimum absolute atomic E-state index is 0.230. The van der Waals surface area contributed by atoms with Crippen LogP contribution in [0, 0.1) is 5.82 Å². The van der Waals surface area contributed by atoms with Gasteiger partial charge in [-0.05, 0) is 86.9 Å². The maximum atomic E-state index is 14.3. The second-order valence-electron chi connectivity index (χ2n) is 9.69. The highest BCUT2D eigenvalue weighted by Crippen LogP contribution is 2.50. The molecule has 0 N–H and O–H groups in total. The number of halogens is 1. The highest BCUT2D eigenvalue weighted by atomic mass is 32.2. The van der Waals surface area contributed by atoms with Crippen LogP contribution in [0.3, 0.4) is 0 Å². The van der Waals surface area contributed by atoms with Gasteiger partial charge in [0.15, 0.2) is 5.75 Å². The molecule has 8 rings (SSSR count). The van der Waals surface area contributed by atoms with Gasteiger partial charge in [0.25, 0.3) is 0 Å². The molecule has 0 fully saturated rings. The van der Waals surface area contributed by atoms with Gasteiger partial charge >= 0.3 is 0 Å². The van der Waals surface area contributed by atoms with Crippen molar-refractivity contribution in [3.8, 4) is 34.0 Å². The average Bonchev–Trinajstić information content (AvgIpc) is 2.99. The van der Waals surface area contributed by atoms with Gasteiger partial charge < -0.3 is 4.74 Å². The number of pyridine rings is 1. The van der Waals surface area contributed by atoms with Gasteiger partial charge in [0.05, 0.1) is 21.2 Å². The van der Waals surface area contributed by atoms with E-state index in [-0.39, 0.29) is 5.82 Å². The number of hydrogen-bond donors (Lipinski definition) is 0. The van der Waals surface area contributed by atoms with Gasteiger partial charge in [0, 0.05) is 11.1 Å². The molecule has 2 heterocycles.